The SMILES string of the molecule is CC(C)Oc1cccc(CN(Cc2ccncc2)Cc2ccc3c(c2)OCO3)c1. The number of benzene rings is 2. The highest BCUT2D eigenvalue weighted by Gasteiger charge is 2.15. The monoisotopic (exact) mass is 390 g/mol. The maximum atomic E-state index is 5.87. The zero-order chi connectivity index (χ0) is 20.1. The average molecular weight is 390 g/mol. The van der Waals surface area contributed by atoms with Crippen LogP contribution in [-0.4, -0.2) is 22.8 Å². The smallest absolute Gasteiger partial charge is 0.231 e. The van der Waals surface area contributed by atoms with Gasteiger partial charge in [0, 0.05) is 32.0 Å². The predicted octanol–water partition coefficient (Wildman–Crippen LogP) is 4.80. The van der Waals surface area contributed by atoms with Gasteiger partial charge in [0.2, 0.25) is 6.79 Å². The van der Waals surface area contributed by atoms with E-state index in [0.29, 0.717) is 6.79 Å². The van der Waals surface area contributed by atoms with Crippen molar-refractivity contribution in [3.05, 3.63) is 83.7 Å². The summed E-state index contributed by atoms with van der Waals surface area (Å²) in [5.74, 6) is 2.54. The molecule has 0 amide bonds. The molecule has 0 aliphatic carbocycles. The highest BCUT2D eigenvalue weighted by Crippen LogP contribution is 2.33. The van der Waals surface area contributed by atoms with E-state index in [1.165, 1.54) is 16.7 Å². The molecule has 2 heterocycles. The number of rotatable bonds is 8. The first-order valence-corrected chi connectivity index (χ1v) is 9.91. The van der Waals surface area contributed by atoms with E-state index >= 15 is 0 Å². The van der Waals surface area contributed by atoms with Crippen molar-refractivity contribution in [1.29, 1.82) is 0 Å². The minimum atomic E-state index is 0.159. The van der Waals surface area contributed by atoms with Gasteiger partial charge in [0.25, 0.3) is 0 Å². The maximum Gasteiger partial charge on any atom is 0.231 e. The highest BCUT2D eigenvalue weighted by molar-refractivity contribution is 5.44. The minimum Gasteiger partial charge on any atom is -0.491 e. The molecule has 0 radical (unpaired) electrons. The lowest BCUT2D eigenvalue weighted by molar-refractivity contribution is 0.174. The van der Waals surface area contributed by atoms with Crippen LogP contribution in [0.1, 0.15) is 30.5 Å². The molecule has 1 aliphatic heterocycles. The van der Waals surface area contributed by atoms with Crippen molar-refractivity contribution in [3.8, 4) is 17.2 Å². The van der Waals surface area contributed by atoms with E-state index in [4.69, 9.17) is 14.2 Å². The molecule has 4 rings (SSSR count). The number of fused-ring (bicyclic) bond motifs is 1. The number of aromatic nitrogens is 1. The third kappa shape index (κ3) is 5.27. The Kier molecular flexibility index (Phi) is 5.96. The van der Waals surface area contributed by atoms with Crippen LogP contribution in [0, 0.1) is 0 Å². The molecule has 3 aromatic rings. The Labute approximate surface area is 171 Å². The molecule has 0 N–H and O–H groups in total. The van der Waals surface area contributed by atoms with Gasteiger partial charge in [-0.15, -0.1) is 0 Å². The molecule has 150 valence electrons. The maximum absolute atomic E-state index is 5.87. The fraction of sp³-hybridized carbons (Fsp3) is 0.292. The topological polar surface area (TPSA) is 43.8 Å². The summed E-state index contributed by atoms with van der Waals surface area (Å²) in [6, 6.07) is 18.6. The first-order chi connectivity index (χ1) is 14.2. The molecule has 5 heteroatoms. The van der Waals surface area contributed by atoms with Crippen LogP contribution >= 0.6 is 0 Å². The lowest BCUT2D eigenvalue weighted by Gasteiger charge is -2.23. The first-order valence-electron chi connectivity index (χ1n) is 9.91. The number of pyridine rings is 1. The Hall–Kier alpha value is -3.05. The molecule has 2 aromatic carbocycles. The van der Waals surface area contributed by atoms with Crippen molar-refractivity contribution in [2.24, 2.45) is 0 Å². The second-order valence-electron chi connectivity index (χ2n) is 7.50. The van der Waals surface area contributed by atoms with E-state index in [1.54, 1.807) is 0 Å². The third-order valence-corrected chi connectivity index (χ3v) is 4.68. The molecular formula is C24H26N2O3. The van der Waals surface area contributed by atoms with E-state index in [0.717, 1.165) is 36.9 Å². The second-order valence-corrected chi connectivity index (χ2v) is 7.50. The fourth-order valence-electron chi connectivity index (χ4n) is 3.46. The molecule has 0 fully saturated rings. The normalized spacial score (nSPS) is 12.6. The summed E-state index contributed by atoms with van der Waals surface area (Å²) in [5.41, 5.74) is 3.64. The number of ether oxygens (including phenoxy) is 3. The molecule has 0 bridgehead atoms. The van der Waals surface area contributed by atoms with E-state index in [1.807, 2.05) is 38.4 Å². The van der Waals surface area contributed by atoms with Gasteiger partial charge in [-0.2, -0.15) is 0 Å². The van der Waals surface area contributed by atoms with Crippen molar-refractivity contribution >= 4 is 0 Å². The van der Waals surface area contributed by atoms with E-state index in [-0.39, 0.29) is 6.10 Å². The van der Waals surface area contributed by atoms with Crippen LogP contribution in [-0.2, 0) is 19.6 Å². The van der Waals surface area contributed by atoms with Gasteiger partial charge in [-0.25, -0.2) is 0 Å². The lowest BCUT2D eigenvalue weighted by atomic mass is 10.1. The van der Waals surface area contributed by atoms with Gasteiger partial charge in [0.1, 0.15) is 5.75 Å². The number of nitrogens with zero attached hydrogens (tertiary/aromatic N) is 2. The molecule has 0 unspecified atom stereocenters. The van der Waals surface area contributed by atoms with Crippen molar-refractivity contribution in [3.63, 3.8) is 0 Å². The largest absolute Gasteiger partial charge is 0.491 e. The van der Waals surface area contributed by atoms with Crippen LogP contribution in [0.15, 0.2) is 67.0 Å². The third-order valence-electron chi connectivity index (χ3n) is 4.68. The Balaban J connectivity index is 1.53. The summed E-state index contributed by atoms with van der Waals surface area (Å²) in [7, 11) is 0. The van der Waals surface area contributed by atoms with Crippen LogP contribution in [0.2, 0.25) is 0 Å². The van der Waals surface area contributed by atoms with Crippen LogP contribution in [0.5, 0.6) is 17.2 Å². The van der Waals surface area contributed by atoms with E-state index < -0.39 is 0 Å². The summed E-state index contributed by atoms with van der Waals surface area (Å²) < 4.78 is 16.8. The Morgan fingerprint density at radius 3 is 2.38 bits per heavy atom. The van der Waals surface area contributed by atoms with Crippen LogP contribution in [0.25, 0.3) is 0 Å². The van der Waals surface area contributed by atoms with Gasteiger partial charge in [-0.3, -0.25) is 9.88 Å². The molecule has 1 aliphatic rings. The van der Waals surface area contributed by atoms with Crippen molar-refractivity contribution < 1.29 is 14.2 Å². The van der Waals surface area contributed by atoms with Crippen molar-refractivity contribution in [2.75, 3.05) is 6.79 Å². The molecule has 5 nitrogen and oxygen atoms in total. The van der Waals surface area contributed by atoms with Gasteiger partial charge in [0.05, 0.1) is 6.10 Å². The van der Waals surface area contributed by atoms with Crippen molar-refractivity contribution in [2.45, 2.75) is 39.6 Å². The molecule has 0 saturated heterocycles. The van der Waals surface area contributed by atoms with Crippen LogP contribution in [0.3, 0.4) is 0 Å². The molecular weight excluding hydrogens is 364 g/mol. The quantitative estimate of drug-likeness (QED) is 0.553. The Bertz CT molecular complexity index is 944. The molecule has 0 atom stereocenters. The summed E-state index contributed by atoms with van der Waals surface area (Å²) in [6.07, 6.45) is 3.84. The van der Waals surface area contributed by atoms with Gasteiger partial charge in [-0.05, 0) is 66.9 Å². The van der Waals surface area contributed by atoms with E-state index in [9.17, 15) is 0 Å². The standard InChI is InChI=1S/C24H26N2O3/c1-18(2)29-22-5-3-4-20(12-22)15-26(14-19-8-10-25-11-9-19)16-21-6-7-23-24(13-21)28-17-27-23/h3-13,18H,14-17H2,1-2H3. The highest BCUT2D eigenvalue weighted by atomic mass is 16.7. The Morgan fingerprint density at radius 2 is 1.59 bits per heavy atom. The van der Waals surface area contributed by atoms with Crippen molar-refractivity contribution in [1.82, 2.24) is 9.88 Å². The number of hydrogen-bond donors (Lipinski definition) is 0. The number of hydrogen-bond acceptors (Lipinski definition) is 5. The van der Waals surface area contributed by atoms with Gasteiger partial charge in [-0.1, -0.05) is 18.2 Å². The van der Waals surface area contributed by atoms with E-state index in [2.05, 4.69) is 52.3 Å². The summed E-state index contributed by atoms with van der Waals surface area (Å²) in [6.45, 7) is 6.82. The summed E-state index contributed by atoms with van der Waals surface area (Å²) >= 11 is 0. The zero-order valence-electron chi connectivity index (χ0n) is 16.9. The molecule has 29 heavy (non-hydrogen) atoms. The fourth-order valence-corrected chi connectivity index (χ4v) is 3.46. The first kappa shape index (κ1) is 19.3. The Morgan fingerprint density at radius 1 is 0.862 bits per heavy atom. The van der Waals surface area contributed by atoms with Gasteiger partial charge >= 0.3 is 0 Å². The predicted molar refractivity (Wildman–Crippen MR) is 112 cm³/mol. The molecule has 1 aromatic heterocycles. The average Bonchev–Trinajstić information content (AvgIpc) is 3.16. The molecule has 0 saturated carbocycles. The van der Waals surface area contributed by atoms with Gasteiger partial charge < -0.3 is 14.2 Å². The lowest BCUT2D eigenvalue weighted by Crippen LogP contribution is -2.22. The molecule has 0 spiro atoms. The summed E-state index contributed by atoms with van der Waals surface area (Å²) in [5, 5.41) is 0. The minimum absolute atomic E-state index is 0.159. The summed E-state index contributed by atoms with van der Waals surface area (Å²) in [4.78, 5) is 6.54. The second kappa shape index (κ2) is 8.97. The van der Waals surface area contributed by atoms with Crippen LogP contribution in [0.4, 0.5) is 0 Å². The zero-order valence-corrected chi connectivity index (χ0v) is 16.9. The van der Waals surface area contributed by atoms with Gasteiger partial charge in [0.15, 0.2) is 11.5 Å². The van der Waals surface area contributed by atoms with Crippen LogP contribution < -0.4 is 14.2 Å².